The lowest BCUT2D eigenvalue weighted by Gasteiger charge is -2.33. The summed E-state index contributed by atoms with van der Waals surface area (Å²) in [7, 11) is 3.67. The van der Waals surface area contributed by atoms with Gasteiger partial charge in [0.1, 0.15) is 11.8 Å². The Balaban J connectivity index is 1.58. The second-order valence-electron chi connectivity index (χ2n) is 6.53. The fourth-order valence-corrected chi connectivity index (χ4v) is 3.23. The van der Waals surface area contributed by atoms with Crippen LogP contribution in [0.15, 0.2) is 23.2 Å². The Labute approximate surface area is 132 Å². The lowest BCUT2D eigenvalue weighted by molar-refractivity contribution is 0.414. The van der Waals surface area contributed by atoms with Gasteiger partial charge >= 0.3 is 0 Å². The number of fused-ring (bicyclic) bond motifs is 1. The van der Waals surface area contributed by atoms with Gasteiger partial charge in [0.05, 0.1) is 18.5 Å². The van der Waals surface area contributed by atoms with Gasteiger partial charge in [-0.25, -0.2) is 4.99 Å². The maximum atomic E-state index is 10.3. The van der Waals surface area contributed by atoms with Gasteiger partial charge in [-0.1, -0.05) is 38.5 Å². The molecule has 1 aliphatic heterocycles. The highest BCUT2D eigenvalue weighted by Gasteiger charge is 2.27. The van der Waals surface area contributed by atoms with Gasteiger partial charge in [-0.2, -0.15) is 0 Å². The van der Waals surface area contributed by atoms with E-state index in [-0.39, 0.29) is 11.9 Å². The molecule has 1 atom stereocenters. The molecule has 2 aliphatic rings. The van der Waals surface area contributed by atoms with Crippen LogP contribution in [0.5, 0.6) is 5.75 Å². The second kappa shape index (κ2) is 6.59. The summed E-state index contributed by atoms with van der Waals surface area (Å²) >= 11 is 0. The quantitative estimate of drug-likeness (QED) is 0.756. The van der Waals surface area contributed by atoms with Crippen molar-refractivity contribution in [3.63, 3.8) is 0 Å². The number of rotatable bonds is 7. The smallest absolute Gasteiger partial charge is 0.209 e. The number of ether oxygens (including phenoxy) is 1. The normalized spacial score (nSPS) is 20.5. The summed E-state index contributed by atoms with van der Waals surface area (Å²) in [5.41, 5.74) is 1.84. The van der Waals surface area contributed by atoms with E-state index >= 15 is 0 Å². The molecule has 3 rings (SSSR count). The van der Waals surface area contributed by atoms with Gasteiger partial charge in [0.2, 0.25) is 5.90 Å². The van der Waals surface area contributed by atoms with Gasteiger partial charge in [-0.3, -0.25) is 0 Å². The Morgan fingerprint density at radius 3 is 2.73 bits per heavy atom. The minimum atomic E-state index is 0.00169. The molecular weight excluding hydrogens is 276 g/mol. The number of likely N-dealkylation sites (N-methyl/N-ethyl adjacent to an activating group) is 1. The maximum Gasteiger partial charge on any atom is 0.209 e. The summed E-state index contributed by atoms with van der Waals surface area (Å²) in [6, 6.07) is 5.83. The standard InChI is InChI=1S/C18H26N2O2/c1-20-16-11-10-14(22-2)12-15(16)19-18(21)17(20)7-5-3-4-6-13-8-9-13/h10-13,17H,3-9H2,1-2H3,(H,19,21). The molecule has 0 spiro atoms. The van der Waals surface area contributed by atoms with Crippen molar-refractivity contribution in [2.45, 2.75) is 51.0 Å². The molecular formula is C18H26N2O2. The molecule has 1 fully saturated rings. The molecule has 1 unspecified atom stereocenters. The van der Waals surface area contributed by atoms with Crippen LogP contribution in [-0.2, 0) is 0 Å². The van der Waals surface area contributed by atoms with Crippen LogP contribution >= 0.6 is 0 Å². The first-order valence-electron chi connectivity index (χ1n) is 8.37. The molecule has 120 valence electrons. The van der Waals surface area contributed by atoms with E-state index in [1.807, 2.05) is 25.2 Å². The number of aliphatic hydroxyl groups is 1. The van der Waals surface area contributed by atoms with Gasteiger partial charge in [-0.15, -0.1) is 0 Å². The Hall–Kier alpha value is -1.71. The molecule has 1 N–H and O–H groups in total. The second-order valence-corrected chi connectivity index (χ2v) is 6.53. The average molecular weight is 302 g/mol. The fourth-order valence-electron chi connectivity index (χ4n) is 3.23. The molecule has 0 amide bonds. The first kappa shape index (κ1) is 15.2. The van der Waals surface area contributed by atoms with Gasteiger partial charge in [-0.05, 0) is 24.5 Å². The summed E-state index contributed by atoms with van der Waals surface area (Å²) in [6.45, 7) is 0. The van der Waals surface area contributed by atoms with E-state index in [2.05, 4.69) is 9.89 Å². The summed E-state index contributed by atoms with van der Waals surface area (Å²) in [5.74, 6) is 2.02. The van der Waals surface area contributed by atoms with E-state index in [4.69, 9.17) is 4.74 Å². The average Bonchev–Trinajstić information content (AvgIpc) is 3.33. The van der Waals surface area contributed by atoms with Crippen molar-refractivity contribution in [2.24, 2.45) is 10.9 Å². The number of methoxy groups -OCH3 is 1. The fraction of sp³-hybridized carbons (Fsp3) is 0.611. The molecule has 22 heavy (non-hydrogen) atoms. The highest BCUT2D eigenvalue weighted by atomic mass is 16.5. The monoisotopic (exact) mass is 302 g/mol. The predicted octanol–water partition coefficient (Wildman–Crippen LogP) is 4.46. The van der Waals surface area contributed by atoms with Crippen molar-refractivity contribution in [1.82, 2.24) is 0 Å². The number of aliphatic hydroxyl groups excluding tert-OH is 1. The topological polar surface area (TPSA) is 45.1 Å². The SMILES string of the molecule is COc1ccc2c(c1)N=C(O)C(CCCCCC1CC1)N2C. The molecule has 0 aromatic heterocycles. The van der Waals surface area contributed by atoms with E-state index in [0.29, 0.717) is 0 Å². The van der Waals surface area contributed by atoms with Crippen LogP contribution in [0.4, 0.5) is 11.4 Å². The molecule has 4 heteroatoms. The summed E-state index contributed by atoms with van der Waals surface area (Å²) in [5, 5.41) is 10.3. The lowest BCUT2D eigenvalue weighted by atomic mass is 10.0. The Kier molecular flexibility index (Phi) is 4.55. The van der Waals surface area contributed by atoms with Crippen LogP contribution in [0, 0.1) is 5.92 Å². The van der Waals surface area contributed by atoms with Crippen LogP contribution in [0.2, 0.25) is 0 Å². The highest BCUT2D eigenvalue weighted by molar-refractivity contribution is 5.92. The molecule has 1 aromatic rings. The molecule has 0 radical (unpaired) electrons. The number of benzene rings is 1. The van der Waals surface area contributed by atoms with E-state index in [1.54, 1.807) is 7.11 Å². The summed E-state index contributed by atoms with van der Waals surface area (Å²) in [6.07, 6.45) is 8.96. The zero-order chi connectivity index (χ0) is 15.5. The third kappa shape index (κ3) is 3.37. The first-order chi connectivity index (χ1) is 10.7. The van der Waals surface area contributed by atoms with Gasteiger partial charge in [0.15, 0.2) is 0 Å². The van der Waals surface area contributed by atoms with Crippen molar-refractivity contribution in [3.05, 3.63) is 18.2 Å². The number of anilines is 1. The molecule has 1 heterocycles. The molecule has 1 saturated carbocycles. The molecule has 1 aromatic carbocycles. The zero-order valence-corrected chi connectivity index (χ0v) is 13.6. The summed E-state index contributed by atoms with van der Waals surface area (Å²) < 4.78 is 5.22. The number of hydrogen-bond acceptors (Lipinski definition) is 3. The third-order valence-corrected chi connectivity index (χ3v) is 4.85. The summed E-state index contributed by atoms with van der Waals surface area (Å²) in [4.78, 5) is 6.51. The first-order valence-corrected chi connectivity index (χ1v) is 8.37. The molecule has 1 aliphatic carbocycles. The van der Waals surface area contributed by atoms with E-state index < -0.39 is 0 Å². The van der Waals surface area contributed by atoms with Crippen molar-refractivity contribution >= 4 is 17.3 Å². The van der Waals surface area contributed by atoms with E-state index in [1.165, 1.54) is 32.1 Å². The molecule has 0 bridgehead atoms. The van der Waals surface area contributed by atoms with Crippen molar-refractivity contribution in [1.29, 1.82) is 0 Å². The van der Waals surface area contributed by atoms with Crippen LogP contribution < -0.4 is 9.64 Å². The minimum absolute atomic E-state index is 0.00169. The lowest BCUT2D eigenvalue weighted by Crippen LogP contribution is -2.40. The van der Waals surface area contributed by atoms with E-state index in [9.17, 15) is 5.11 Å². The van der Waals surface area contributed by atoms with Crippen LogP contribution in [0.3, 0.4) is 0 Å². The number of nitrogens with zero attached hydrogens (tertiary/aromatic N) is 2. The van der Waals surface area contributed by atoms with Crippen molar-refractivity contribution < 1.29 is 9.84 Å². The van der Waals surface area contributed by atoms with Crippen LogP contribution in [0.1, 0.15) is 44.9 Å². The van der Waals surface area contributed by atoms with Crippen LogP contribution in [-0.4, -0.2) is 31.2 Å². The zero-order valence-electron chi connectivity index (χ0n) is 13.6. The number of aliphatic imine (C=N–C) groups is 1. The molecule has 0 saturated heterocycles. The van der Waals surface area contributed by atoms with Crippen LogP contribution in [0.25, 0.3) is 0 Å². The highest BCUT2D eigenvalue weighted by Crippen LogP contribution is 2.37. The Bertz CT molecular complexity index is 552. The number of hydrogen-bond donors (Lipinski definition) is 1. The van der Waals surface area contributed by atoms with Gasteiger partial charge in [0, 0.05) is 13.1 Å². The van der Waals surface area contributed by atoms with Crippen molar-refractivity contribution in [2.75, 3.05) is 19.1 Å². The third-order valence-electron chi connectivity index (χ3n) is 4.85. The predicted molar refractivity (Wildman–Crippen MR) is 90.7 cm³/mol. The van der Waals surface area contributed by atoms with Crippen molar-refractivity contribution in [3.8, 4) is 5.75 Å². The molecule has 4 nitrogen and oxygen atoms in total. The minimum Gasteiger partial charge on any atom is -0.497 e. The van der Waals surface area contributed by atoms with Gasteiger partial charge in [0.25, 0.3) is 0 Å². The van der Waals surface area contributed by atoms with Gasteiger partial charge < -0.3 is 14.7 Å². The maximum absolute atomic E-state index is 10.3. The number of unbranched alkanes of at least 4 members (excludes halogenated alkanes) is 2. The van der Waals surface area contributed by atoms with E-state index in [0.717, 1.165) is 35.9 Å². The Morgan fingerprint density at radius 1 is 1.23 bits per heavy atom. The largest absolute Gasteiger partial charge is 0.497 e. The Morgan fingerprint density at radius 2 is 2.00 bits per heavy atom.